The molecule has 0 saturated carbocycles. The first-order valence-corrected chi connectivity index (χ1v) is 12.3. The SMILES string of the molecule is CSCCC(NC(=O)C(N)CCC(N)=O)C(=O)NC(CCC(=O)O)C(=O)NC(CCC(=O)O)C(=O)O. The standard InChI is InChI=1S/C20H33N5O10S/c1-36-9-8-12(23-17(31)10(21)2-5-14(22)26)19(33)24-11(3-6-15(27)28)18(32)25-13(20(34)35)4-7-16(29)30/h10-13H,2-9,21H2,1H3,(H2,22,26)(H,23,31)(H,24,33)(H,25,32)(H,27,28)(H,29,30)(H,34,35). The zero-order valence-electron chi connectivity index (χ0n) is 19.7. The van der Waals surface area contributed by atoms with Gasteiger partial charge in [-0.25, -0.2) is 4.79 Å². The van der Waals surface area contributed by atoms with Gasteiger partial charge in [0, 0.05) is 19.3 Å². The Balaban J connectivity index is 5.53. The van der Waals surface area contributed by atoms with Gasteiger partial charge in [0.05, 0.1) is 6.04 Å². The lowest BCUT2D eigenvalue weighted by Gasteiger charge is -2.25. The van der Waals surface area contributed by atoms with Crippen molar-refractivity contribution in [2.45, 2.75) is 69.1 Å². The number of rotatable bonds is 19. The molecule has 0 aliphatic rings. The summed E-state index contributed by atoms with van der Waals surface area (Å²) in [5.41, 5.74) is 10.8. The number of thioether (sulfide) groups is 1. The normalized spacial score (nSPS) is 13.9. The lowest BCUT2D eigenvalue weighted by molar-refractivity contribution is -0.144. The highest BCUT2D eigenvalue weighted by Crippen LogP contribution is 2.07. The maximum absolute atomic E-state index is 12.9. The molecule has 204 valence electrons. The zero-order chi connectivity index (χ0) is 27.8. The van der Waals surface area contributed by atoms with Crippen LogP contribution in [0.4, 0.5) is 0 Å². The van der Waals surface area contributed by atoms with Crippen molar-refractivity contribution in [3.05, 3.63) is 0 Å². The van der Waals surface area contributed by atoms with Gasteiger partial charge in [-0.1, -0.05) is 0 Å². The van der Waals surface area contributed by atoms with Crippen LogP contribution in [0.3, 0.4) is 0 Å². The minimum atomic E-state index is -1.59. The molecule has 0 saturated heterocycles. The number of nitrogens with one attached hydrogen (secondary N) is 3. The second-order valence-electron chi connectivity index (χ2n) is 7.78. The van der Waals surface area contributed by atoms with E-state index >= 15 is 0 Å². The molecule has 0 aromatic rings. The number of amides is 4. The Bertz CT molecular complexity index is 825. The largest absolute Gasteiger partial charge is 0.481 e. The van der Waals surface area contributed by atoms with E-state index in [4.69, 9.17) is 21.7 Å². The van der Waals surface area contributed by atoms with Crippen LogP contribution in [0.15, 0.2) is 0 Å². The number of hydrogen-bond donors (Lipinski definition) is 8. The topological polar surface area (TPSA) is 268 Å². The lowest BCUT2D eigenvalue weighted by Crippen LogP contribution is -2.57. The molecule has 4 atom stereocenters. The summed E-state index contributed by atoms with van der Waals surface area (Å²) < 4.78 is 0. The van der Waals surface area contributed by atoms with Gasteiger partial charge in [-0.15, -0.1) is 0 Å². The number of carbonyl (C=O) groups excluding carboxylic acids is 4. The van der Waals surface area contributed by atoms with E-state index in [9.17, 15) is 38.7 Å². The van der Waals surface area contributed by atoms with Crippen molar-refractivity contribution in [1.82, 2.24) is 16.0 Å². The van der Waals surface area contributed by atoms with E-state index in [0.29, 0.717) is 5.75 Å². The van der Waals surface area contributed by atoms with Crippen LogP contribution in [0.1, 0.15) is 44.9 Å². The molecular weight excluding hydrogens is 502 g/mol. The average Bonchev–Trinajstić information content (AvgIpc) is 2.79. The molecule has 0 spiro atoms. The molecule has 15 nitrogen and oxygen atoms in total. The molecule has 0 bridgehead atoms. The van der Waals surface area contributed by atoms with Gasteiger partial charge in [-0.2, -0.15) is 11.8 Å². The van der Waals surface area contributed by atoms with Gasteiger partial charge >= 0.3 is 17.9 Å². The molecule has 10 N–H and O–H groups in total. The monoisotopic (exact) mass is 535 g/mol. The number of primary amides is 1. The summed E-state index contributed by atoms with van der Waals surface area (Å²) in [4.78, 5) is 82.0. The molecule has 0 aromatic heterocycles. The van der Waals surface area contributed by atoms with Crippen molar-refractivity contribution < 1.29 is 48.9 Å². The molecular formula is C20H33N5O10S. The Morgan fingerprint density at radius 1 is 0.694 bits per heavy atom. The Morgan fingerprint density at radius 3 is 1.58 bits per heavy atom. The van der Waals surface area contributed by atoms with Gasteiger partial charge in [-0.3, -0.25) is 28.8 Å². The number of aliphatic carboxylic acids is 3. The summed E-state index contributed by atoms with van der Waals surface area (Å²) in [7, 11) is 0. The summed E-state index contributed by atoms with van der Waals surface area (Å²) in [5, 5.41) is 33.8. The Labute approximate surface area is 211 Å². The van der Waals surface area contributed by atoms with Crippen LogP contribution in [0.25, 0.3) is 0 Å². The molecule has 0 fully saturated rings. The fourth-order valence-corrected chi connectivity index (χ4v) is 3.29. The molecule has 16 heteroatoms. The molecule has 4 amide bonds. The maximum Gasteiger partial charge on any atom is 0.326 e. The summed E-state index contributed by atoms with van der Waals surface area (Å²) in [6, 6.07) is -5.39. The quantitative estimate of drug-likeness (QED) is 0.0860. The number of carboxylic acids is 3. The van der Waals surface area contributed by atoms with Crippen molar-refractivity contribution in [2.24, 2.45) is 11.5 Å². The second-order valence-corrected chi connectivity index (χ2v) is 8.77. The van der Waals surface area contributed by atoms with Gasteiger partial charge in [0.15, 0.2) is 0 Å². The van der Waals surface area contributed by atoms with Crippen LogP contribution in [-0.2, 0) is 33.6 Å². The smallest absolute Gasteiger partial charge is 0.326 e. The van der Waals surface area contributed by atoms with E-state index in [1.807, 2.05) is 0 Å². The molecule has 0 aromatic carbocycles. The third-order valence-corrected chi connectivity index (χ3v) is 5.47. The highest BCUT2D eigenvalue weighted by molar-refractivity contribution is 7.98. The van der Waals surface area contributed by atoms with Gasteiger partial charge < -0.3 is 42.7 Å². The van der Waals surface area contributed by atoms with Crippen molar-refractivity contribution >= 4 is 53.3 Å². The first kappa shape index (κ1) is 32.6. The summed E-state index contributed by atoms with van der Waals surface area (Å²) in [6.07, 6.45) is -0.292. The van der Waals surface area contributed by atoms with Crippen LogP contribution in [0, 0.1) is 0 Å². The fraction of sp³-hybridized carbons (Fsp3) is 0.650. The molecule has 0 aliphatic carbocycles. The minimum absolute atomic E-state index is 0.0609. The molecule has 0 aliphatic heterocycles. The third kappa shape index (κ3) is 14.1. The molecule has 36 heavy (non-hydrogen) atoms. The van der Waals surface area contributed by atoms with E-state index in [-0.39, 0.29) is 19.3 Å². The highest BCUT2D eigenvalue weighted by Gasteiger charge is 2.30. The third-order valence-electron chi connectivity index (χ3n) is 4.82. The molecule has 0 rings (SSSR count). The van der Waals surface area contributed by atoms with Crippen molar-refractivity contribution in [3.8, 4) is 0 Å². The van der Waals surface area contributed by atoms with Gasteiger partial charge in [0.25, 0.3) is 0 Å². The number of carboxylic acid groups (broad SMARTS) is 3. The Kier molecular flexibility index (Phi) is 15.5. The van der Waals surface area contributed by atoms with Crippen LogP contribution in [-0.4, -0.2) is 93.0 Å². The average molecular weight is 536 g/mol. The summed E-state index contributed by atoms with van der Waals surface area (Å²) in [6.45, 7) is 0. The Morgan fingerprint density at radius 2 is 1.14 bits per heavy atom. The number of hydrogen-bond acceptors (Lipinski definition) is 9. The van der Waals surface area contributed by atoms with Crippen molar-refractivity contribution in [3.63, 3.8) is 0 Å². The molecule has 4 unspecified atom stereocenters. The van der Waals surface area contributed by atoms with E-state index < -0.39 is 91.4 Å². The molecule has 0 radical (unpaired) electrons. The first-order chi connectivity index (χ1) is 16.8. The van der Waals surface area contributed by atoms with Crippen LogP contribution >= 0.6 is 11.8 Å². The van der Waals surface area contributed by atoms with E-state index in [1.54, 1.807) is 6.26 Å². The predicted molar refractivity (Wildman–Crippen MR) is 127 cm³/mol. The van der Waals surface area contributed by atoms with Crippen LogP contribution in [0.2, 0.25) is 0 Å². The number of nitrogens with two attached hydrogens (primary N) is 2. The van der Waals surface area contributed by atoms with E-state index in [1.165, 1.54) is 11.8 Å². The van der Waals surface area contributed by atoms with Crippen LogP contribution in [0.5, 0.6) is 0 Å². The molecule has 0 heterocycles. The predicted octanol–water partition coefficient (Wildman–Crippen LogP) is -2.40. The van der Waals surface area contributed by atoms with Gasteiger partial charge in [0.2, 0.25) is 23.6 Å². The Hall–Kier alpha value is -3.40. The number of carbonyl (C=O) groups is 7. The van der Waals surface area contributed by atoms with Crippen molar-refractivity contribution in [2.75, 3.05) is 12.0 Å². The van der Waals surface area contributed by atoms with Crippen LogP contribution < -0.4 is 27.4 Å². The zero-order valence-corrected chi connectivity index (χ0v) is 20.5. The summed E-state index contributed by atoms with van der Waals surface area (Å²) in [5.74, 6) is -6.95. The van der Waals surface area contributed by atoms with Gasteiger partial charge in [-0.05, 0) is 37.7 Å². The van der Waals surface area contributed by atoms with E-state index in [0.717, 1.165) is 0 Å². The van der Waals surface area contributed by atoms with E-state index in [2.05, 4.69) is 16.0 Å². The second kappa shape index (κ2) is 17.1. The highest BCUT2D eigenvalue weighted by atomic mass is 32.2. The lowest BCUT2D eigenvalue weighted by atomic mass is 10.1. The summed E-state index contributed by atoms with van der Waals surface area (Å²) >= 11 is 1.36. The van der Waals surface area contributed by atoms with Gasteiger partial charge in [0.1, 0.15) is 18.1 Å². The minimum Gasteiger partial charge on any atom is -0.481 e. The maximum atomic E-state index is 12.9. The fourth-order valence-electron chi connectivity index (χ4n) is 2.82. The van der Waals surface area contributed by atoms with Crippen molar-refractivity contribution in [1.29, 1.82) is 0 Å². The first-order valence-electron chi connectivity index (χ1n) is 10.9.